The van der Waals surface area contributed by atoms with Gasteiger partial charge in [-0.2, -0.15) is 22.6 Å². The smallest absolute Gasteiger partial charge is 0.435 e. The number of nitrogens with zero attached hydrogens (tertiary/aromatic N) is 7. The standard InChI is InChI=1S/C26H30F3N9O4S2/c1-15(12-37-8-10-38(11-9-37)44(40,41)23-16(2)33-24(43-23)34-25(39)42-4)32-22-18-7-5-6-17(20(18)30-14-31-22)19-13-36(3)35-21(19)26(27,28)29/h5-7,13-15H,8-12H2,1-4H3,(H,30,31,32)(H,33,34,39)/t15-/m0/s1. The zero-order chi connectivity index (χ0) is 31.8. The van der Waals surface area contributed by atoms with Crippen molar-refractivity contribution in [2.75, 3.05) is 50.5 Å². The number of thiazole rings is 1. The number of aromatic nitrogens is 5. The van der Waals surface area contributed by atoms with Crippen molar-refractivity contribution in [3.05, 3.63) is 42.1 Å². The van der Waals surface area contributed by atoms with E-state index in [1.165, 1.54) is 31.0 Å². The van der Waals surface area contributed by atoms with Crippen molar-refractivity contribution in [3.63, 3.8) is 0 Å². The van der Waals surface area contributed by atoms with E-state index in [9.17, 15) is 26.4 Å². The molecular weight excluding hydrogens is 623 g/mol. The Morgan fingerprint density at radius 3 is 2.57 bits per heavy atom. The molecule has 4 aromatic rings. The van der Waals surface area contributed by atoms with Crippen molar-refractivity contribution >= 4 is 49.3 Å². The van der Waals surface area contributed by atoms with Gasteiger partial charge in [-0.15, -0.1) is 0 Å². The first-order valence-electron chi connectivity index (χ1n) is 13.4. The first kappa shape index (κ1) is 31.6. The molecule has 1 amide bonds. The number of hydrogen-bond acceptors (Lipinski definition) is 11. The molecule has 1 aliphatic rings. The van der Waals surface area contributed by atoms with Crippen LogP contribution in [-0.4, -0.2) is 94.3 Å². The summed E-state index contributed by atoms with van der Waals surface area (Å²) in [6.07, 6.45) is -2.74. The van der Waals surface area contributed by atoms with E-state index in [2.05, 4.69) is 40.3 Å². The molecule has 1 saturated heterocycles. The van der Waals surface area contributed by atoms with E-state index >= 15 is 0 Å². The molecule has 13 nitrogen and oxygen atoms in total. The van der Waals surface area contributed by atoms with Crippen LogP contribution in [0.4, 0.5) is 28.9 Å². The van der Waals surface area contributed by atoms with Crippen molar-refractivity contribution < 1.29 is 31.1 Å². The molecule has 18 heteroatoms. The number of ether oxygens (including phenoxy) is 1. The minimum Gasteiger partial charge on any atom is -0.453 e. The number of aryl methyl sites for hydroxylation is 2. The van der Waals surface area contributed by atoms with Crippen LogP contribution in [-0.2, 0) is 28.0 Å². The number of hydrogen-bond donors (Lipinski definition) is 2. The number of anilines is 2. The van der Waals surface area contributed by atoms with E-state index in [0.717, 1.165) is 16.0 Å². The summed E-state index contributed by atoms with van der Waals surface area (Å²) in [4.78, 5) is 26.4. The zero-order valence-electron chi connectivity index (χ0n) is 24.2. The molecule has 4 heterocycles. The Labute approximate surface area is 255 Å². The fourth-order valence-electron chi connectivity index (χ4n) is 5.06. The van der Waals surface area contributed by atoms with Crippen LogP contribution in [0.15, 0.2) is 34.9 Å². The molecule has 0 bridgehead atoms. The molecule has 1 aliphatic heterocycles. The van der Waals surface area contributed by atoms with Gasteiger partial charge in [-0.25, -0.2) is 28.2 Å². The maximum Gasteiger partial charge on any atom is 0.435 e. The van der Waals surface area contributed by atoms with Gasteiger partial charge in [0.1, 0.15) is 12.1 Å². The third kappa shape index (κ3) is 6.47. The van der Waals surface area contributed by atoms with Crippen LogP contribution >= 0.6 is 11.3 Å². The van der Waals surface area contributed by atoms with E-state index in [4.69, 9.17) is 0 Å². The third-order valence-corrected chi connectivity index (χ3v) is 10.6. The lowest BCUT2D eigenvalue weighted by Gasteiger charge is -2.35. The van der Waals surface area contributed by atoms with Crippen LogP contribution in [0.1, 0.15) is 18.3 Å². The Kier molecular flexibility index (Phi) is 8.79. The van der Waals surface area contributed by atoms with Gasteiger partial charge in [0.2, 0.25) is 0 Å². The predicted octanol–water partition coefficient (Wildman–Crippen LogP) is 3.80. The molecule has 1 aromatic carbocycles. The summed E-state index contributed by atoms with van der Waals surface area (Å²) in [5.41, 5.74) is -0.111. The van der Waals surface area contributed by atoms with E-state index < -0.39 is 28.0 Å². The summed E-state index contributed by atoms with van der Waals surface area (Å²) < 4.78 is 74.8. The van der Waals surface area contributed by atoms with Crippen LogP contribution < -0.4 is 10.6 Å². The first-order valence-corrected chi connectivity index (χ1v) is 15.7. The normalized spacial score (nSPS) is 15.8. The average molecular weight is 654 g/mol. The number of carbonyl (C=O) groups is 1. The quantitative estimate of drug-likeness (QED) is 0.288. The van der Waals surface area contributed by atoms with Crippen molar-refractivity contribution in [3.8, 4) is 11.1 Å². The van der Waals surface area contributed by atoms with E-state index in [1.54, 1.807) is 25.1 Å². The fourth-order valence-corrected chi connectivity index (χ4v) is 8.02. The monoisotopic (exact) mass is 653 g/mol. The fraction of sp³-hybridized carbons (Fsp3) is 0.423. The molecule has 236 valence electrons. The van der Waals surface area contributed by atoms with Crippen LogP contribution in [0.5, 0.6) is 0 Å². The van der Waals surface area contributed by atoms with Gasteiger partial charge in [-0.1, -0.05) is 23.5 Å². The summed E-state index contributed by atoms with van der Waals surface area (Å²) in [5.74, 6) is 0.472. The molecule has 2 N–H and O–H groups in total. The number of benzene rings is 1. The highest BCUT2D eigenvalue weighted by molar-refractivity contribution is 7.91. The Morgan fingerprint density at radius 1 is 1.16 bits per heavy atom. The lowest BCUT2D eigenvalue weighted by molar-refractivity contribution is -0.140. The minimum atomic E-state index is -4.63. The summed E-state index contributed by atoms with van der Waals surface area (Å²) >= 11 is 0.871. The highest BCUT2D eigenvalue weighted by atomic mass is 32.2. The third-order valence-electron chi connectivity index (χ3n) is 7.02. The largest absolute Gasteiger partial charge is 0.453 e. The van der Waals surface area contributed by atoms with Crippen molar-refractivity contribution in [1.82, 2.24) is 33.9 Å². The second kappa shape index (κ2) is 12.3. The SMILES string of the molecule is COC(=O)Nc1nc(C)c(S(=O)(=O)N2CCN(C[C@H](C)Nc3ncnc4c(-c5cn(C)nc5C(F)(F)F)cccc34)CC2)s1. The Morgan fingerprint density at radius 2 is 1.89 bits per heavy atom. The molecule has 0 saturated carbocycles. The molecular formula is C26H30F3N9O4S2. The van der Waals surface area contributed by atoms with Gasteiger partial charge in [-0.05, 0) is 19.9 Å². The lowest BCUT2D eigenvalue weighted by atomic mass is 10.0. The van der Waals surface area contributed by atoms with Gasteiger partial charge < -0.3 is 10.1 Å². The van der Waals surface area contributed by atoms with Crippen LogP contribution in [0.25, 0.3) is 22.0 Å². The van der Waals surface area contributed by atoms with Gasteiger partial charge in [0.15, 0.2) is 15.0 Å². The van der Waals surface area contributed by atoms with Crippen molar-refractivity contribution in [1.29, 1.82) is 0 Å². The maximum absolute atomic E-state index is 13.7. The predicted molar refractivity (Wildman–Crippen MR) is 158 cm³/mol. The van der Waals surface area contributed by atoms with Gasteiger partial charge in [0.25, 0.3) is 10.0 Å². The summed E-state index contributed by atoms with van der Waals surface area (Å²) in [6, 6.07) is 4.84. The number of halogens is 3. The number of fused-ring (bicyclic) bond motifs is 1. The number of amides is 1. The molecule has 3 aromatic heterocycles. The summed E-state index contributed by atoms with van der Waals surface area (Å²) in [7, 11) is -1.18. The average Bonchev–Trinajstić information content (AvgIpc) is 3.55. The minimum absolute atomic E-state index is 0.0658. The van der Waals surface area contributed by atoms with Crippen molar-refractivity contribution in [2.24, 2.45) is 7.05 Å². The van der Waals surface area contributed by atoms with E-state index in [0.29, 0.717) is 47.6 Å². The van der Waals surface area contributed by atoms with Crippen LogP contribution in [0.3, 0.4) is 0 Å². The molecule has 1 atom stereocenters. The molecule has 0 spiro atoms. The highest BCUT2D eigenvalue weighted by Crippen LogP contribution is 2.39. The van der Waals surface area contributed by atoms with Crippen molar-refractivity contribution in [2.45, 2.75) is 30.3 Å². The van der Waals surface area contributed by atoms with Crippen LogP contribution in [0.2, 0.25) is 0 Å². The zero-order valence-corrected chi connectivity index (χ0v) is 25.8. The molecule has 0 aliphatic carbocycles. The number of para-hydroxylation sites is 1. The van der Waals surface area contributed by atoms with Gasteiger partial charge >= 0.3 is 12.3 Å². The molecule has 0 radical (unpaired) electrons. The molecule has 1 fully saturated rings. The highest BCUT2D eigenvalue weighted by Gasteiger charge is 2.38. The Bertz CT molecular complexity index is 1780. The summed E-state index contributed by atoms with van der Waals surface area (Å²) in [5, 5.41) is 10.1. The number of methoxy groups -OCH3 is 1. The number of piperazine rings is 1. The van der Waals surface area contributed by atoms with E-state index in [-0.39, 0.29) is 34.0 Å². The van der Waals surface area contributed by atoms with Crippen LogP contribution in [0, 0.1) is 6.92 Å². The first-order chi connectivity index (χ1) is 20.8. The molecule has 44 heavy (non-hydrogen) atoms. The summed E-state index contributed by atoms with van der Waals surface area (Å²) in [6.45, 7) is 5.56. The second-order valence-electron chi connectivity index (χ2n) is 10.2. The number of alkyl halides is 3. The topological polar surface area (TPSA) is 147 Å². The molecule has 0 unspecified atom stereocenters. The maximum atomic E-state index is 13.7. The van der Waals surface area contributed by atoms with Gasteiger partial charge in [0, 0.05) is 68.5 Å². The Balaban J connectivity index is 1.25. The second-order valence-corrected chi connectivity index (χ2v) is 13.4. The van der Waals surface area contributed by atoms with E-state index in [1.807, 2.05) is 6.92 Å². The number of rotatable bonds is 8. The number of nitrogens with one attached hydrogen (secondary N) is 2. The number of sulfonamides is 1. The van der Waals surface area contributed by atoms with Gasteiger partial charge in [0.05, 0.1) is 18.3 Å². The number of carbonyl (C=O) groups excluding carboxylic acids is 1. The molecule has 5 rings (SSSR count). The van der Waals surface area contributed by atoms with Gasteiger partial charge in [-0.3, -0.25) is 14.9 Å². The lowest BCUT2D eigenvalue weighted by Crippen LogP contribution is -2.50. The Hall–Kier alpha value is -3.87.